The quantitative estimate of drug-likeness (QED) is 0.852. The third kappa shape index (κ3) is 3.95. The number of halogens is 3. The Morgan fingerprint density at radius 2 is 1.95 bits per heavy atom. The van der Waals surface area contributed by atoms with Crippen molar-refractivity contribution in [2.75, 3.05) is 11.9 Å². The first-order valence-corrected chi connectivity index (χ1v) is 6.15. The van der Waals surface area contributed by atoms with Gasteiger partial charge in [-0.15, -0.1) is 0 Å². The van der Waals surface area contributed by atoms with Gasteiger partial charge in [0.2, 0.25) is 0 Å². The molecule has 21 heavy (non-hydrogen) atoms. The van der Waals surface area contributed by atoms with Crippen LogP contribution in [0.4, 0.5) is 23.7 Å². The highest BCUT2D eigenvalue weighted by molar-refractivity contribution is 5.89. The number of urea groups is 1. The molecule has 1 heterocycles. The van der Waals surface area contributed by atoms with Crippen LogP contribution >= 0.6 is 0 Å². The van der Waals surface area contributed by atoms with Crippen LogP contribution in [0.1, 0.15) is 5.56 Å². The van der Waals surface area contributed by atoms with Crippen LogP contribution in [-0.4, -0.2) is 17.6 Å². The van der Waals surface area contributed by atoms with E-state index in [1.807, 2.05) is 6.07 Å². The van der Waals surface area contributed by atoms with Gasteiger partial charge in [-0.2, -0.15) is 0 Å². The van der Waals surface area contributed by atoms with Gasteiger partial charge in [-0.3, -0.25) is 4.98 Å². The molecule has 0 fully saturated rings. The Kier molecular flexibility index (Phi) is 4.76. The van der Waals surface area contributed by atoms with Gasteiger partial charge in [0.05, 0.1) is 5.69 Å². The molecule has 2 aromatic rings. The van der Waals surface area contributed by atoms with Crippen molar-refractivity contribution in [1.29, 1.82) is 0 Å². The number of pyridine rings is 1. The maximum atomic E-state index is 13.3. The zero-order chi connectivity index (χ0) is 15.2. The summed E-state index contributed by atoms with van der Waals surface area (Å²) < 4.78 is 39.1. The Balaban J connectivity index is 1.86. The standard InChI is InChI=1S/C14H12F3N3O/c15-10-3-4-11(13(17)12(10)16)20-14(21)19-7-5-9-2-1-6-18-8-9/h1-4,6,8H,5,7H2,(H2,19,20,21). The van der Waals surface area contributed by atoms with Crippen molar-refractivity contribution in [2.24, 2.45) is 0 Å². The van der Waals surface area contributed by atoms with E-state index in [0.717, 1.165) is 17.7 Å². The summed E-state index contributed by atoms with van der Waals surface area (Å²) in [7, 11) is 0. The lowest BCUT2D eigenvalue weighted by molar-refractivity contribution is 0.252. The molecular weight excluding hydrogens is 283 g/mol. The first kappa shape index (κ1) is 14.8. The molecule has 2 rings (SSSR count). The van der Waals surface area contributed by atoms with Crippen LogP contribution < -0.4 is 10.6 Å². The molecule has 0 unspecified atom stereocenters. The fourth-order valence-electron chi connectivity index (χ4n) is 1.66. The number of aromatic nitrogens is 1. The maximum absolute atomic E-state index is 13.3. The second-order valence-electron chi connectivity index (χ2n) is 4.22. The molecule has 2 amide bonds. The lowest BCUT2D eigenvalue weighted by Gasteiger charge is -2.09. The molecular formula is C14H12F3N3O. The monoisotopic (exact) mass is 295 g/mol. The number of nitrogens with one attached hydrogen (secondary N) is 2. The van der Waals surface area contributed by atoms with Gasteiger partial charge < -0.3 is 10.6 Å². The number of benzene rings is 1. The lowest BCUT2D eigenvalue weighted by atomic mass is 10.2. The van der Waals surface area contributed by atoms with Crippen LogP contribution in [0, 0.1) is 17.5 Å². The number of hydrogen-bond acceptors (Lipinski definition) is 2. The van der Waals surface area contributed by atoms with Crippen molar-refractivity contribution in [1.82, 2.24) is 10.3 Å². The van der Waals surface area contributed by atoms with Crippen molar-refractivity contribution in [3.05, 3.63) is 59.7 Å². The van der Waals surface area contributed by atoms with Crippen LogP contribution in [0.15, 0.2) is 36.7 Å². The number of rotatable bonds is 4. The molecule has 4 nitrogen and oxygen atoms in total. The number of anilines is 1. The average molecular weight is 295 g/mol. The third-order valence-corrected chi connectivity index (χ3v) is 2.71. The van der Waals surface area contributed by atoms with Gasteiger partial charge >= 0.3 is 6.03 Å². The van der Waals surface area contributed by atoms with E-state index < -0.39 is 29.2 Å². The van der Waals surface area contributed by atoms with E-state index in [2.05, 4.69) is 15.6 Å². The normalized spacial score (nSPS) is 10.2. The van der Waals surface area contributed by atoms with E-state index in [1.54, 1.807) is 18.5 Å². The van der Waals surface area contributed by atoms with Crippen molar-refractivity contribution in [3.63, 3.8) is 0 Å². The summed E-state index contributed by atoms with van der Waals surface area (Å²) in [5.74, 6) is -4.37. The molecule has 2 N–H and O–H groups in total. The van der Waals surface area contributed by atoms with Gasteiger partial charge in [-0.1, -0.05) is 6.07 Å². The summed E-state index contributed by atoms with van der Waals surface area (Å²) in [4.78, 5) is 15.5. The number of amides is 2. The van der Waals surface area contributed by atoms with Crippen LogP contribution in [-0.2, 0) is 6.42 Å². The SMILES string of the molecule is O=C(NCCc1cccnc1)Nc1ccc(F)c(F)c1F. The lowest BCUT2D eigenvalue weighted by Crippen LogP contribution is -2.30. The van der Waals surface area contributed by atoms with Gasteiger partial charge in [0, 0.05) is 18.9 Å². The number of hydrogen-bond donors (Lipinski definition) is 2. The summed E-state index contributed by atoms with van der Waals surface area (Å²) in [6.45, 7) is 0.294. The Bertz CT molecular complexity index is 635. The summed E-state index contributed by atoms with van der Waals surface area (Å²) >= 11 is 0. The van der Waals surface area contributed by atoms with E-state index in [4.69, 9.17) is 0 Å². The van der Waals surface area contributed by atoms with Gasteiger partial charge in [-0.25, -0.2) is 18.0 Å². The molecule has 0 aliphatic heterocycles. The zero-order valence-electron chi connectivity index (χ0n) is 10.9. The topological polar surface area (TPSA) is 54.0 Å². The third-order valence-electron chi connectivity index (χ3n) is 2.71. The molecule has 0 atom stereocenters. The second-order valence-corrected chi connectivity index (χ2v) is 4.22. The van der Waals surface area contributed by atoms with E-state index in [9.17, 15) is 18.0 Å². The van der Waals surface area contributed by atoms with Crippen molar-refractivity contribution in [2.45, 2.75) is 6.42 Å². The number of carbonyl (C=O) groups is 1. The molecule has 0 bridgehead atoms. The average Bonchev–Trinajstić information content (AvgIpc) is 2.49. The smallest absolute Gasteiger partial charge is 0.319 e. The summed E-state index contributed by atoms with van der Waals surface area (Å²) in [5, 5.41) is 4.60. The molecule has 0 spiro atoms. The predicted octanol–water partition coefficient (Wildman–Crippen LogP) is 2.86. The summed E-state index contributed by atoms with van der Waals surface area (Å²) in [5.41, 5.74) is 0.504. The highest BCUT2D eigenvalue weighted by atomic mass is 19.2. The molecule has 1 aromatic heterocycles. The highest BCUT2D eigenvalue weighted by Gasteiger charge is 2.14. The van der Waals surface area contributed by atoms with E-state index >= 15 is 0 Å². The van der Waals surface area contributed by atoms with Gasteiger partial charge in [0.15, 0.2) is 17.5 Å². The molecule has 1 aromatic carbocycles. The minimum absolute atomic E-state index is 0.294. The van der Waals surface area contributed by atoms with Crippen molar-refractivity contribution >= 4 is 11.7 Å². The first-order chi connectivity index (χ1) is 10.1. The minimum atomic E-state index is -1.62. The minimum Gasteiger partial charge on any atom is -0.338 e. The fraction of sp³-hybridized carbons (Fsp3) is 0.143. The summed E-state index contributed by atoms with van der Waals surface area (Å²) in [6, 6.07) is 4.61. The fourth-order valence-corrected chi connectivity index (χ4v) is 1.66. The van der Waals surface area contributed by atoms with Gasteiger partial charge in [0.1, 0.15) is 0 Å². The Morgan fingerprint density at radius 1 is 1.14 bits per heavy atom. The van der Waals surface area contributed by atoms with Crippen LogP contribution in [0.2, 0.25) is 0 Å². The highest BCUT2D eigenvalue weighted by Crippen LogP contribution is 2.19. The predicted molar refractivity (Wildman–Crippen MR) is 71.3 cm³/mol. The van der Waals surface area contributed by atoms with E-state index in [-0.39, 0.29) is 0 Å². The zero-order valence-corrected chi connectivity index (χ0v) is 10.9. The number of carbonyl (C=O) groups excluding carboxylic acids is 1. The Morgan fingerprint density at radius 3 is 2.67 bits per heavy atom. The molecule has 0 saturated carbocycles. The van der Waals surface area contributed by atoms with Crippen LogP contribution in [0.5, 0.6) is 0 Å². The second kappa shape index (κ2) is 6.74. The maximum Gasteiger partial charge on any atom is 0.319 e. The Labute approximate surface area is 119 Å². The van der Waals surface area contributed by atoms with E-state index in [0.29, 0.717) is 13.0 Å². The van der Waals surface area contributed by atoms with Crippen molar-refractivity contribution < 1.29 is 18.0 Å². The molecule has 0 aliphatic carbocycles. The number of nitrogens with zero attached hydrogens (tertiary/aromatic N) is 1. The largest absolute Gasteiger partial charge is 0.338 e. The first-order valence-electron chi connectivity index (χ1n) is 6.15. The van der Waals surface area contributed by atoms with Crippen LogP contribution in [0.3, 0.4) is 0 Å². The molecule has 110 valence electrons. The van der Waals surface area contributed by atoms with Crippen molar-refractivity contribution in [3.8, 4) is 0 Å². The Hall–Kier alpha value is -2.57. The van der Waals surface area contributed by atoms with Gasteiger partial charge in [0.25, 0.3) is 0 Å². The summed E-state index contributed by atoms with van der Waals surface area (Å²) in [6.07, 6.45) is 3.84. The van der Waals surface area contributed by atoms with Gasteiger partial charge in [-0.05, 0) is 30.2 Å². The molecule has 0 aliphatic rings. The van der Waals surface area contributed by atoms with Crippen LogP contribution in [0.25, 0.3) is 0 Å². The van der Waals surface area contributed by atoms with E-state index in [1.165, 1.54) is 0 Å². The molecule has 0 saturated heterocycles. The molecule has 7 heteroatoms. The molecule has 0 radical (unpaired) electrons.